The van der Waals surface area contributed by atoms with Gasteiger partial charge >= 0.3 is 12.1 Å². The Labute approximate surface area is 115 Å². The molecule has 3 unspecified atom stereocenters. The first-order chi connectivity index (χ1) is 9.30. The van der Waals surface area contributed by atoms with Gasteiger partial charge in [-0.3, -0.25) is 9.69 Å². The monoisotopic (exact) mass is 295 g/mol. The van der Waals surface area contributed by atoms with Crippen LogP contribution in [0.1, 0.15) is 32.1 Å². The van der Waals surface area contributed by atoms with E-state index in [0.717, 1.165) is 19.3 Å². The quantitative estimate of drug-likeness (QED) is 0.868. The number of carboxylic acid groups (broad SMARTS) is 1. The van der Waals surface area contributed by atoms with Crippen molar-refractivity contribution in [2.45, 2.75) is 50.4 Å². The minimum atomic E-state index is -4.71. The lowest BCUT2D eigenvalue weighted by molar-refractivity contribution is -0.228. The molecule has 0 aromatic rings. The average molecular weight is 295 g/mol. The molecule has 0 aromatic carbocycles. The first kappa shape index (κ1) is 15.6. The summed E-state index contributed by atoms with van der Waals surface area (Å²) in [5.74, 6) is -1.76. The first-order valence-electron chi connectivity index (χ1n) is 6.87. The molecular formula is C13H20F3NO3. The van der Waals surface area contributed by atoms with Crippen molar-refractivity contribution < 1.29 is 27.8 Å². The van der Waals surface area contributed by atoms with E-state index < -0.39 is 24.1 Å². The van der Waals surface area contributed by atoms with Crippen molar-refractivity contribution in [2.24, 2.45) is 5.41 Å². The lowest BCUT2D eigenvalue weighted by Crippen LogP contribution is -2.49. The van der Waals surface area contributed by atoms with Gasteiger partial charge in [0.05, 0.1) is 6.10 Å². The molecule has 1 N–H and O–H groups in total. The number of rotatable bonds is 3. The molecule has 116 valence electrons. The van der Waals surface area contributed by atoms with Crippen molar-refractivity contribution in [3.8, 4) is 0 Å². The van der Waals surface area contributed by atoms with E-state index in [4.69, 9.17) is 9.84 Å². The Bertz CT molecular complexity index is 374. The Morgan fingerprint density at radius 1 is 1.40 bits per heavy atom. The summed E-state index contributed by atoms with van der Waals surface area (Å²) in [6.45, 7) is -0.250. The fourth-order valence-electron chi connectivity index (χ4n) is 3.34. The van der Waals surface area contributed by atoms with Crippen molar-refractivity contribution in [1.29, 1.82) is 0 Å². The Hall–Kier alpha value is -0.820. The SMILES string of the molecule is COC1CCCC(N2CCC(C(=O)O)(C(F)(F)F)C2)C1. The highest BCUT2D eigenvalue weighted by Crippen LogP contribution is 2.47. The van der Waals surface area contributed by atoms with E-state index in [2.05, 4.69) is 0 Å². The summed E-state index contributed by atoms with van der Waals surface area (Å²) in [5, 5.41) is 9.04. The largest absolute Gasteiger partial charge is 0.481 e. The number of hydrogen-bond donors (Lipinski definition) is 1. The molecule has 1 aliphatic carbocycles. The van der Waals surface area contributed by atoms with Crippen LogP contribution in [-0.2, 0) is 9.53 Å². The van der Waals surface area contributed by atoms with Crippen LogP contribution in [0.15, 0.2) is 0 Å². The predicted octanol–water partition coefficient (Wildman–Crippen LogP) is 2.28. The van der Waals surface area contributed by atoms with Crippen LogP contribution in [-0.4, -0.2) is 54.5 Å². The van der Waals surface area contributed by atoms with Crippen LogP contribution in [0, 0.1) is 5.41 Å². The molecule has 2 rings (SSSR count). The molecule has 0 radical (unpaired) electrons. The van der Waals surface area contributed by atoms with Crippen LogP contribution in [0.25, 0.3) is 0 Å². The van der Waals surface area contributed by atoms with Crippen molar-refractivity contribution in [2.75, 3.05) is 20.2 Å². The Balaban J connectivity index is 2.09. The molecule has 7 heteroatoms. The maximum Gasteiger partial charge on any atom is 0.406 e. The number of halogens is 3. The lowest BCUT2D eigenvalue weighted by Gasteiger charge is -2.36. The summed E-state index contributed by atoms with van der Waals surface area (Å²) in [4.78, 5) is 12.8. The highest BCUT2D eigenvalue weighted by atomic mass is 19.4. The molecule has 1 saturated heterocycles. The van der Waals surface area contributed by atoms with Gasteiger partial charge in [-0.2, -0.15) is 13.2 Å². The molecule has 1 aliphatic heterocycles. The molecule has 3 atom stereocenters. The molecule has 0 amide bonds. The third-order valence-electron chi connectivity index (χ3n) is 4.70. The van der Waals surface area contributed by atoms with Gasteiger partial charge in [0, 0.05) is 19.7 Å². The van der Waals surface area contributed by atoms with E-state index in [1.165, 1.54) is 0 Å². The molecule has 0 aromatic heterocycles. The van der Waals surface area contributed by atoms with Crippen molar-refractivity contribution in [3.63, 3.8) is 0 Å². The number of likely N-dealkylation sites (tertiary alicyclic amines) is 1. The molecule has 2 aliphatic rings. The standard InChI is InChI=1S/C13H20F3NO3/c1-20-10-4-2-3-9(7-10)17-6-5-12(8-17,11(18)19)13(14,15)16/h9-10H,2-8H2,1H3,(H,18,19). The van der Waals surface area contributed by atoms with E-state index >= 15 is 0 Å². The molecule has 0 bridgehead atoms. The summed E-state index contributed by atoms with van der Waals surface area (Å²) in [6, 6.07) is -0.00252. The minimum Gasteiger partial charge on any atom is -0.481 e. The summed E-state index contributed by atoms with van der Waals surface area (Å²) >= 11 is 0. The van der Waals surface area contributed by atoms with E-state index in [-0.39, 0.29) is 25.1 Å². The van der Waals surface area contributed by atoms with Crippen molar-refractivity contribution in [3.05, 3.63) is 0 Å². The van der Waals surface area contributed by atoms with Gasteiger partial charge < -0.3 is 9.84 Å². The predicted molar refractivity (Wildman–Crippen MR) is 65.4 cm³/mol. The van der Waals surface area contributed by atoms with E-state index in [9.17, 15) is 18.0 Å². The summed E-state index contributed by atoms with van der Waals surface area (Å²) in [6.07, 6.45) is -1.67. The fourth-order valence-corrected chi connectivity index (χ4v) is 3.34. The highest BCUT2D eigenvalue weighted by molar-refractivity contribution is 5.76. The lowest BCUT2D eigenvalue weighted by atomic mass is 9.86. The van der Waals surface area contributed by atoms with Crippen LogP contribution in [0.3, 0.4) is 0 Å². The van der Waals surface area contributed by atoms with Crippen LogP contribution >= 0.6 is 0 Å². The summed E-state index contributed by atoms with van der Waals surface area (Å²) in [5.41, 5.74) is -2.60. The number of carbonyl (C=O) groups is 1. The summed E-state index contributed by atoms with van der Waals surface area (Å²) < 4.78 is 44.6. The average Bonchev–Trinajstić information content (AvgIpc) is 2.85. The van der Waals surface area contributed by atoms with Crippen molar-refractivity contribution in [1.82, 2.24) is 4.90 Å². The molecule has 0 spiro atoms. The number of ether oxygens (including phenoxy) is 1. The molecule has 4 nitrogen and oxygen atoms in total. The van der Waals surface area contributed by atoms with Gasteiger partial charge in [-0.15, -0.1) is 0 Å². The summed E-state index contributed by atoms with van der Waals surface area (Å²) in [7, 11) is 1.61. The number of alkyl halides is 3. The Kier molecular flexibility index (Phi) is 4.30. The van der Waals surface area contributed by atoms with Gasteiger partial charge in [0.15, 0.2) is 5.41 Å². The number of aliphatic carboxylic acids is 1. The third-order valence-corrected chi connectivity index (χ3v) is 4.70. The Morgan fingerprint density at radius 3 is 2.60 bits per heavy atom. The second kappa shape index (κ2) is 5.52. The first-order valence-corrected chi connectivity index (χ1v) is 6.87. The Morgan fingerprint density at radius 2 is 2.10 bits per heavy atom. The normalized spacial score (nSPS) is 36.2. The van der Waals surface area contributed by atoms with Crippen molar-refractivity contribution >= 4 is 5.97 Å². The van der Waals surface area contributed by atoms with E-state index in [1.54, 1.807) is 12.0 Å². The maximum absolute atomic E-state index is 13.1. The zero-order chi connectivity index (χ0) is 15.0. The third kappa shape index (κ3) is 2.65. The van der Waals surface area contributed by atoms with E-state index in [1.807, 2.05) is 0 Å². The van der Waals surface area contributed by atoms with Crippen LogP contribution in [0.4, 0.5) is 13.2 Å². The minimum absolute atomic E-state index is 0.00252. The zero-order valence-corrected chi connectivity index (χ0v) is 11.4. The van der Waals surface area contributed by atoms with Gasteiger partial charge in [-0.1, -0.05) is 0 Å². The van der Waals surface area contributed by atoms with E-state index in [0.29, 0.717) is 6.42 Å². The number of nitrogens with zero attached hydrogens (tertiary/aromatic N) is 1. The van der Waals surface area contributed by atoms with Gasteiger partial charge in [0.25, 0.3) is 0 Å². The second-order valence-corrected chi connectivity index (χ2v) is 5.78. The number of hydrogen-bond acceptors (Lipinski definition) is 3. The number of methoxy groups -OCH3 is 1. The van der Waals surface area contributed by atoms with Gasteiger partial charge in [0.2, 0.25) is 0 Å². The smallest absolute Gasteiger partial charge is 0.406 e. The second-order valence-electron chi connectivity index (χ2n) is 5.78. The number of carboxylic acids is 1. The van der Waals surface area contributed by atoms with Crippen LogP contribution in [0.5, 0.6) is 0 Å². The fraction of sp³-hybridized carbons (Fsp3) is 0.923. The van der Waals surface area contributed by atoms with Crippen LogP contribution in [0.2, 0.25) is 0 Å². The molecule has 20 heavy (non-hydrogen) atoms. The van der Waals surface area contributed by atoms with Gasteiger partial charge in [0.1, 0.15) is 0 Å². The maximum atomic E-state index is 13.1. The topological polar surface area (TPSA) is 49.8 Å². The molecule has 2 fully saturated rings. The molecule has 1 saturated carbocycles. The highest BCUT2D eigenvalue weighted by Gasteiger charge is 2.64. The molecule has 1 heterocycles. The van der Waals surface area contributed by atoms with Gasteiger partial charge in [-0.25, -0.2) is 0 Å². The molecular weight excluding hydrogens is 275 g/mol. The van der Waals surface area contributed by atoms with Crippen LogP contribution < -0.4 is 0 Å². The van der Waals surface area contributed by atoms with Gasteiger partial charge in [-0.05, 0) is 38.6 Å². The zero-order valence-electron chi connectivity index (χ0n) is 11.4.